The number of terminal acetylenes is 1. The molecule has 1 nitrogen and oxygen atoms in total. The second kappa shape index (κ2) is 238. The van der Waals surface area contributed by atoms with Gasteiger partial charge in [0.05, 0.1) is 0 Å². The molecule has 0 radical (unpaired) electrons. The van der Waals surface area contributed by atoms with E-state index in [9.17, 15) is 0 Å². The van der Waals surface area contributed by atoms with E-state index in [4.69, 9.17) is 3.83 Å². The van der Waals surface area contributed by atoms with Crippen LogP contribution in [0.4, 0.5) is 0 Å². The van der Waals surface area contributed by atoms with Crippen molar-refractivity contribution in [3.05, 3.63) is 0 Å². The summed E-state index contributed by atoms with van der Waals surface area (Å²) in [7, 11) is 0. The van der Waals surface area contributed by atoms with Crippen molar-refractivity contribution in [2.75, 3.05) is 0 Å². The maximum absolute atomic E-state index is 8.06. The second-order valence-electron chi connectivity index (χ2n) is 0. The van der Waals surface area contributed by atoms with Crippen LogP contribution in [0.3, 0.4) is 0 Å². The molecule has 0 aromatic carbocycles. The van der Waals surface area contributed by atoms with Crippen LogP contribution in [0.15, 0.2) is 0 Å². The van der Waals surface area contributed by atoms with E-state index in [0.29, 0.717) is 0 Å². The molecule has 0 spiro atoms. The van der Waals surface area contributed by atoms with Gasteiger partial charge in [0.25, 0.3) is 0 Å². The Bertz CT molecular complexity index is 24.8. The van der Waals surface area contributed by atoms with Gasteiger partial charge in [-0.1, -0.05) is 0 Å². The summed E-state index contributed by atoms with van der Waals surface area (Å²) < 4.78 is 8.06. The van der Waals surface area contributed by atoms with Gasteiger partial charge >= 0.3 is 38.6 Å². The molecular weight excluding hydrogens is 102 g/mol. The number of rotatable bonds is 0. The van der Waals surface area contributed by atoms with Gasteiger partial charge in [0, 0.05) is 0 Å². The second-order valence-corrected chi connectivity index (χ2v) is 0. The monoisotopic (exact) mass is 105 g/mol. The number of hydrogen-bond acceptors (Lipinski definition) is 1. The van der Waals surface area contributed by atoms with Gasteiger partial charge in [0.2, 0.25) is 0 Å². The maximum atomic E-state index is 8.06. The average molecular weight is 105 g/mol. The van der Waals surface area contributed by atoms with Crippen LogP contribution in [-0.2, 0) is 19.8 Å². The van der Waals surface area contributed by atoms with E-state index < -0.39 is 0 Å². The van der Waals surface area contributed by atoms with Gasteiger partial charge in [0.15, 0.2) is 0 Å². The van der Waals surface area contributed by atoms with E-state index in [2.05, 4.69) is 12.8 Å². The van der Waals surface area contributed by atoms with Crippen molar-refractivity contribution in [2.24, 2.45) is 0 Å². The predicted molar refractivity (Wildman–Crippen MR) is 11.7 cm³/mol. The first-order valence-electron chi connectivity index (χ1n) is 0.488. The first-order valence-corrected chi connectivity index (χ1v) is 0.970. The third kappa shape index (κ3) is 121. The molecule has 0 aromatic rings. The van der Waals surface area contributed by atoms with Crippen LogP contribution in [0.5, 0.6) is 0 Å². The Kier molecular flexibility index (Phi) is 852. The van der Waals surface area contributed by atoms with Crippen LogP contribution in [0, 0.1) is 12.8 Å². The summed E-state index contributed by atoms with van der Waals surface area (Å²) in [5, 5.41) is 0. The van der Waals surface area contributed by atoms with Crippen LogP contribution in [0.1, 0.15) is 1.43 Å². The average Bonchev–Trinajstić information content (AvgIpc) is 1.50. The molecule has 0 rings (SSSR count). The van der Waals surface area contributed by atoms with E-state index >= 15 is 0 Å². The van der Waals surface area contributed by atoms with Crippen LogP contribution in [-0.4, -0.2) is 0 Å². The molecule has 0 unspecified atom stereocenters. The molecule has 0 aliphatic heterocycles. The molecule has 5 heavy (non-hydrogen) atoms. The molecule has 0 saturated heterocycles. The molecule has 0 fully saturated rings. The molecular formula is C2H3LiMnO. The zero-order chi connectivity index (χ0) is 4.00. The fourth-order valence-electron chi connectivity index (χ4n) is 0. The molecule has 0 atom stereocenters. The van der Waals surface area contributed by atoms with Gasteiger partial charge in [-0.3, -0.25) is 0 Å². The topological polar surface area (TPSA) is 17.1 Å². The van der Waals surface area contributed by atoms with Crippen molar-refractivity contribution in [1.29, 1.82) is 0 Å². The normalized spacial score (nSPS) is 1.20. The molecule has 25 valence electrons. The molecule has 0 aliphatic carbocycles. The van der Waals surface area contributed by atoms with E-state index in [1.165, 1.54) is 0 Å². The minimum absolute atomic E-state index is 0. The van der Waals surface area contributed by atoms with Crippen molar-refractivity contribution in [1.82, 2.24) is 0 Å². The van der Waals surface area contributed by atoms with Crippen molar-refractivity contribution >= 4 is 0 Å². The first kappa shape index (κ1) is 17.9. The Morgan fingerprint density at radius 2 is 1.40 bits per heavy atom. The van der Waals surface area contributed by atoms with Crippen molar-refractivity contribution in [3.63, 3.8) is 0 Å². The quantitative estimate of drug-likeness (QED) is 0.241. The van der Waals surface area contributed by atoms with Gasteiger partial charge in [-0.2, -0.15) is 0 Å². The van der Waals surface area contributed by atoms with Gasteiger partial charge in [-0.05, 0) is 0 Å². The molecule has 0 aliphatic rings. The summed E-state index contributed by atoms with van der Waals surface area (Å²) in [4.78, 5) is 0. The summed E-state index contributed by atoms with van der Waals surface area (Å²) in [5.41, 5.74) is 0. The zero-order valence-electron chi connectivity index (χ0n) is 3.94. The Morgan fingerprint density at radius 1 is 1.40 bits per heavy atom. The van der Waals surface area contributed by atoms with Crippen molar-refractivity contribution in [2.45, 2.75) is 0 Å². The molecule has 0 saturated carbocycles. The van der Waals surface area contributed by atoms with E-state index in [0.717, 1.165) is 0 Å². The fourth-order valence-corrected chi connectivity index (χ4v) is 0. The Hall–Kier alpha value is 0.477. The molecule has 0 bridgehead atoms. The van der Waals surface area contributed by atoms with Crippen LogP contribution >= 0.6 is 0 Å². The standard InChI is InChI=1S/C2H2.Li.Mn.O.H/c1-2;;;;/h1-2H;;;;/q;+1;;;-1. The summed E-state index contributed by atoms with van der Waals surface area (Å²) in [6, 6.07) is 0. The minimum atomic E-state index is 0. The van der Waals surface area contributed by atoms with Gasteiger partial charge in [-0.15, -0.1) is 12.8 Å². The molecule has 0 heterocycles. The summed E-state index contributed by atoms with van der Waals surface area (Å²) in [6.07, 6.45) is 8.00. The van der Waals surface area contributed by atoms with Gasteiger partial charge in [-0.25, -0.2) is 0 Å². The first-order chi connectivity index (χ1) is 2.00. The zero-order valence-corrected chi connectivity index (χ0v) is 4.12. The van der Waals surface area contributed by atoms with Crippen LogP contribution in [0.25, 0.3) is 0 Å². The molecule has 0 aromatic heterocycles. The van der Waals surface area contributed by atoms with E-state index in [-0.39, 0.29) is 20.3 Å². The summed E-state index contributed by atoms with van der Waals surface area (Å²) in [5.74, 6) is 0. The molecule has 0 N–H and O–H groups in total. The Labute approximate surface area is 53.2 Å². The van der Waals surface area contributed by atoms with Gasteiger partial charge < -0.3 is 1.43 Å². The van der Waals surface area contributed by atoms with Gasteiger partial charge in [0.1, 0.15) is 0 Å². The van der Waals surface area contributed by atoms with Crippen molar-refractivity contribution < 1.29 is 40.1 Å². The fraction of sp³-hybridized carbons (Fsp3) is 0. The third-order valence-corrected chi connectivity index (χ3v) is 0. The predicted octanol–water partition coefficient (Wildman–Crippen LogP) is -2.76. The van der Waals surface area contributed by atoms with Crippen LogP contribution in [0.2, 0.25) is 0 Å². The van der Waals surface area contributed by atoms with E-state index in [1.807, 2.05) is 0 Å². The Balaban J connectivity index is -0.00000000500. The summed E-state index contributed by atoms with van der Waals surface area (Å²) in [6.45, 7) is 0. The van der Waals surface area contributed by atoms with Crippen LogP contribution < -0.4 is 18.9 Å². The molecule has 0 amide bonds. The third-order valence-electron chi connectivity index (χ3n) is 0. The Morgan fingerprint density at radius 3 is 1.40 bits per heavy atom. The van der Waals surface area contributed by atoms with E-state index in [1.54, 1.807) is 15.9 Å². The SMILES string of the molecule is C#C.[H-].[Li+].[O]=[Mn]. The molecule has 3 heteroatoms. The van der Waals surface area contributed by atoms with Crippen molar-refractivity contribution in [3.8, 4) is 12.8 Å². The number of hydrogen-bond donors (Lipinski definition) is 0. The summed E-state index contributed by atoms with van der Waals surface area (Å²) >= 11 is 1.69.